The summed E-state index contributed by atoms with van der Waals surface area (Å²) in [6, 6.07) is 4.43. The molecular formula is C12H12F4O4. The summed E-state index contributed by atoms with van der Waals surface area (Å²) in [6.07, 6.45) is -2.66. The first kappa shape index (κ1) is 16.2. The van der Waals surface area contributed by atoms with Crippen molar-refractivity contribution >= 4 is 5.97 Å². The van der Waals surface area contributed by atoms with Crippen molar-refractivity contribution in [2.75, 3.05) is 6.61 Å². The highest BCUT2D eigenvalue weighted by Gasteiger charge is 2.50. The van der Waals surface area contributed by atoms with Crippen LogP contribution in [0, 0.1) is 0 Å². The number of hydrogen-bond donors (Lipinski definition) is 1. The van der Waals surface area contributed by atoms with Crippen molar-refractivity contribution in [2.45, 2.75) is 25.6 Å². The zero-order valence-corrected chi connectivity index (χ0v) is 10.4. The number of carbonyl (C=O) groups is 1. The van der Waals surface area contributed by atoms with Gasteiger partial charge in [0.1, 0.15) is 5.75 Å². The molecule has 0 aromatic heterocycles. The first-order valence-electron chi connectivity index (χ1n) is 5.57. The lowest BCUT2D eigenvalue weighted by Gasteiger charge is -2.22. The number of esters is 1. The quantitative estimate of drug-likeness (QED) is 0.647. The number of ether oxygens (including phenoxy) is 2. The van der Waals surface area contributed by atoms with Crippen LogP contribution in [-0.2, 0) is 9.53 Å². The minimum atomic E-state index is -4.28. The van der Waals surface area contributed by atoms with E-state index in [9.17, 15) is 27.5 Å². The van der Waals surface area contributed by atoms with Crippen LogP contribution >= 0.6 is 0 Å². The van der Waals surface area contributed by atoms with E-state index in [1.807, 2.05) is 0 Å². The summed E-state index contributed by atoms with van der Waals surface area (Å²) in [5, 5.41) is 9.56. The highest BCUT2D eigenvalue weighted by molar-refractivity contribution is 5.78. The molecule has 4 nitrogen and oxygen atoms in total. The molecule has 0 aliphatic rings. The highest BCUT2D eigenvalue weighted by Crippen LogP contribution is 2.37. The third-order valence-electron chi connectivity index (χ3n) is 2.32. The molecule has 1 rings (SSSR count). The van der Waals surface area contributed by atoms with Gasteiger partial charge in [0.15, 0.2) is 6.10 Å². The Balaban J connectivity index is 3.07. The number of carbonyl (C=O) groups excluding carboxylic acids is 1. The molecule has 0 heterocycles. The lowest BCUT2D eigenvalue weighted by Crippen LogP contribution is -2.37. The standard InChI is InChI=1S/C12H12F4O4/c1-2-19-10(18)12(15,16)9(17)7-5-3-4-6-8(7)20-11(13)14/h3-6,9,11,17H,2H2,1H3. The van der Waals surface area contributed by atoms with Crippen LogP contribution in [0.4, 0.5) is 17.6 Å². The van der Waals surface area contributed by atoms with Crippen molar-refractivity contribution < 1.29 is 36.9 Å². The molecule has 8 heteroatoms. The number of aliphatic hydroxyl groups excluding tert-OH is 1. The van der Waals surface area contributed by atoms with E-state index in [1.165, 1.54) is 19.1 Å². The molecule has 0 aliphatic carbocycles. The van der Waals surface area contributed by atoms with Gasteiger partial charge in [-0.3, -0.25) is 0 Å². The topological polar surface area (TPSA) is 55.8 Å². The third kappa shape index (κ3) is 3.60. The van der Waals surface area contributed by atoms with E-state index in [1.54, 1.807) is 0 Å². The van der Waals surface area contributed by atoms with Crippen LogP contribution in [0.25, 0.3) is 0 Å². The zero-order valence-electron chi connectivity index (χ0n) is 10.4. The number of halogens is 4. The summed E-state index contributed by atoms with van der Waals surface area (Å²) in [5.74, 6) is -6.87. The van der Waals surface area contributed by atoms with Crippen LogP contribution in [0.15, 0.2) is 24.3 Å². The van der Waals surface area contributed by atoms with Gasteiger partial charge in [0.05, 0.1) is 6.61 Å². The van der Waals surface area contributed by atoms with E-state index in [0.717, 1.165) is 12.1 Å². The van der Waals surface area contributed by atoms with Gasteiger partial charge in [-0.1, -0.05) is 18.2 Å². The summed E-state index contributed by atoms with van der Waals surface area (Å²) in [7, 11) is 0. The Bertz CT molecular complexity index is 465. The molecule has 0 bridgehead atoms. The first-order chi connectivity index (χ1) is 9.30. The smallest absolute Gasteiger partial charge is 0.387 e. The van der Waals surface area contributed by atoms with Gasteiger partial charge in [0.2, 0.25) is 0 Å². The molecule has 0 fully saturated rings. The molecule has 0 spiro atoms. The maximum absolute atomic E-state index is 13.6. The lowest BCUT2D eigenvalue weighted by atomic mass is 10.0. The highest BCUT2D eigenvalue weighted by atomic mass is 19.3. The maximum Gasteiger partial charge on any atom is 0.387 e. The van der Waals surface area contributed by atoms with Crippen molar-refractivity contribution in [3.8, 4) is 5.75 Å². The summed E-state index contributed by atoms with van der Waals surface area (Å²) in [4.78, 5) is 11.1. The summed E-state index contributed by atoms with van der Waals surface area (Å²) in [5.41, 5.74) is -0.633. The van der Waals surface area contributed by atoms with Crippen LogP contribution in [0.3, 0.4) is 0 Å². The van der Waals surface area contributed by atoms with E-state index >= 15 is 0 Å². The van der Waals surface area contributed by atoms with Crippen LogP contribution in [0.2, 0.25) is 0 Å². The van der Waals surface area contributed by atoms with Crippen molar-refractivity contribution in [2.24, 2.45) is 0 Å². The number of para-hydroxylation sites is 1. The second kappa shape index (κ2) is 6.56. The molecule has 20 heavy (non-hydrogen) atoms. The normalized spacial score (nSPS) is 13.2. The summed E-state index contributed by atoms with van der Waals surface area (Å²) in [6.45, 7) is -2.25. The third-order valence-corrected chi connectivity index (χ3v) is 2.32. The van der Waals surface area contributed by atoms with Gasteiger partial charge in [-0.25, -0.2) is 4.79 Å². The van der Waals surface area contributed by atoms with Crippen molar-refractivity contribution in [1.82, 2.24) is 0 Å². The molecule has 1 unspecified atom stereocenters. The summed E-state index contributed by atoms with van der Waals surface area (Å²) >= 11 is 0. The molecule has 0 radical (unpaired) electrons. The van der Waals surface area contributed by atoms with Crippen LogP contribution in [-0.4, -0.2) is 30.2 Å². The Morgan fingerprint density at radius 2 is 1.95 bits per heavy atom. The summed E-state index contributed by atoms with van der Waals surface area (Å²) < 4.78 is 59.7. The Kier molecular flexibility index (Phi) is 5.32. The van der Waals surface area contributed by atoms with Gasteiger partial charge >= 0.3 is 18.5 Å². The van der Waals surface area contributed by atoms with Gasteiger partial charge in [0.25, 0.3) is 0 Å². The van der Waals surface area contributed by atoms with Gasteiger partial charge < -0.3 is 14.6 Å². The largest absolute Gasteiger partial charge is 0.461 e. The number of benzene rings is 1. The molecular weight excluding hydrogens is 284 g/mol. The molecule has 0 saturated heterocycles. The average molecular weight is 296 g/mol. The number of hydrogen-bond acceptors (Lipinski definition) is 4. The van der Waals surface area contributed by atoms with Crippen molar-refractivity contribution in [3.05, 3.63) is 29.8 Å². The van der Waals surface area contributed by atoms with Crippen LogP contribution in [0.1, 0.15) is 18.6 Å². The van der Waals surface area contributed by atoms with Crippen molar-refractivity contribution in [3.63, 3.8) is 0 Å². The molecule has 0 amide bonds. The van der Waals surface area contributed by atoms with Crippen molar-refractivity contribution in [1.29, 1.82) is 0 Å². The van der Waals surface area contributed by atoms with Gasteiger partial charge in [-0.05, 0) is 13.0 Å². The molecule has 112 valence electrons. The fourth-order valence-electron chi connectivity index (χ4n) is 1.44. The Morgan fingerprint density at radius 1 is 1.35 bits per heavy atom. The molecule has 1 N–H and O–H groups in total. The molecule has 0 aliphatic heterocycles. The Hall–Kier alpha value is -1.83. The lowest BCUT2D eigenvalue weighted by molar-refractivity contribution is -0.189. The minimum Gasteiger partial charge on any atom is -0.461 e. The average Bonchev–Trinajstić information content (AvgIpc) is 2.38. The molecule has 1 aromatic rings. The second-order valence-electron chi connectivity index (χ2n) is 3.66. The molecule has 1 atom stereocenters. The number of aliphatic hydroxyl groups is 1. The zero-order chi connectivity index (χ0) is 15.3. The predicted molar refractivity (Wildman–Crippen MR) is 59.6 cm³/mol. The van der Waals surface area contributed by atoms with Gasteiger partial charge in [0, 0.05) is 5.56 Å². The van der Waals surface area contributed by atoms with E-state index in [-0.39, 0.29) is 6.61 Å². The first-order valence-corrected chi connectivity index (χ1v) is 5.57. The van der Waals surface area contributed by atoms with E-state index < -0.39 is 35.9 Å². The predicted octanol–water partition coefficient (Wildman–Crippen LogP) is 2.52. The van der Waals surface area contributed by atoms with E-state index in [2.05, 4.69) is 9.47 Å². The van der Waals surface area contributed by atoms with E-state index in [0.29, 0.717) is 0 Å². The number of rotatable bonds is 6. The minimum absolute atomic E-state index is 0.309. The Labute approximate surface area is 111 Å². The fourth-order valence-corrected chi connectivity index (χ4v) is 1.44. The maximum atomic E-state index is 13.6. The second-order valence-corrected chi connectivity index (χ2v) is 3.66. The van der Waals surface area contributed by atoms with Crippen LogP contribution in [0.5, 0.6) is 5.75 Å². The van der Waals surface area contributed by atoms with Crippen LogP contribution < -0.4 is 4.74 Å². The molecule has 1 aromatic carbocycles. The SMILES string of the molecule is CCOC(=O)C(F)(F)C(O)c1ccccc1OC(F)F. The molecule has 0 saturated carbocycles. The monoisotopic (exact) mass is 296 g/mol. The van der Waals surface area contributed by atoms with Gasteiger partial charge in [-0.2, -0.15) is 17.6 Å². The number of alkyl halides is 4. The fraction of sp³-hybridized carbons (Fsp3) is 0.417. The van der Waals surface area contributed by atoms with E-state index in [4.69, 9.17) is 0 Å². The Morgan fingerprint density at radius 3 is 2.50 bits per heavy atom. The van der Waals surface area contributed by atoms with Gasteiger partial charge in [-0.15, -0.1) is 0 Å².